The maximum Gasteiger partial charge on any atom is 0.119 e. The van der Waals surface area contributed by atoms with Crippen LogP contribution in [0.2, 0.25) is 0 Å². The summed E-state index contributed by atoms with van der Waals surface area (Å²) < 4.78 is 0. The summed E-state index contributed by atoms with van der Waals surface area (Å²) in [5, 5.41) is 10.5. The van der Waals surface area contributed by atoms with Crippen LogP contribution in [-0.4, -0.2) is 11.7 Å². The van der Waals surface area contributed by atoms with Gasteiger partial charge in [0.15, 0.2) is 0 Å². The summed E-state index contributed by atoms with van der Waals surface area (Å²) in [6.07, 6.45) is 9.60. The molecule has 0 atom stereocenters. The molecule has 0 aromatic heterocycles. The van der Waals surface area contributed by atoms with Crippen molar-refractivity contribution in [3.05, 3.63) is 28.3 Å². The summed E-state index contributed by atoms with van der Waals surface area (Å²) in [5.41, 5.74) is 11.5. The Hall–Kier alpha value is -1.02. The number of phenolic OH excluding ortho intramolecular Hbond substituents is 1. The maximum atomic E-state index is 10.5. The minimum atomic E-state index is 0.0423. The molecule has 0 bridgehead atoms. The van der Waals surface area contributed by atoms with Crippen molar-refractivity contribution in [3.8, 4) is 5.75 Å². The lowest BCUT2D eigenvalue weighted by molar-refractivity contribution is 0.401. The van der Waals surface area contributed by atoms with Gasteiger partial charge < -0.3 is 10.8 Å². The van der Waals surface area contributed by atoms with Crippen molar-refractivity contribution in [2.75, 3.05) is 6.54 Å². The van der Waals surface area contributed by atoms with Crippen molar-refractivity contribution in [2.45, 2.75) is 63.7 Å². The van der Waals surface area contributed by atoms with Gasteiger partial charge in [0, 0.05) is 17.5 Å². The molecule has 0 saturated heterocycles. The van der Waals surface area contributed by atoms with E-state index in [1.807, 2.05) is 6.07 Å². The predicted molar refractivity (Wildman–Crippen MR) is 78.7 cm³/mol. The standard InChI is InChI=1S/C17H25NO/c1-12-14-7-3-2-6-13(14)10-15(19)16(12)17(11-18)8-4-5-9-17/h10,19H,2-9,11,18H2,1H3. The largest absolute Gasteiger partial charge is 0.508 e. The summed E-state index contributed by atoms with van der Waals surface area (Å²) in [5.74, 6) is 0.505. The molecule has 0 spiro atoms. The second kappa shape index (κ2) is 4.82. The predicted octanol–water partition coefficient (Wildman–Crippen LogP) is 3.35. The van der Waals surface area contributed by atoms with E-state index in [1.165, 1.54) is 54.4 Å². The lowest BCUT2D eigenvalue weighted by atomic mass is 9.73. The Labute approximate surface area is 116 Å². The first-order chi connectivity index (χ1) is 9.18. The number of aryl methyl sites for hydroxylation is 1. The number of aromatic hydroxyl groups is 1. The van der Waals surface area contributed by atoms with Crippen LogP contribution in [0.4, 0.5) is 0 Å². The number of fused-ring (bicyclic) bond motifs is 1. The summed E-state index contributed by atoms with van der Waals surface area (Å²) in [7, 11) is 0. The summed E-state index contributed by atoms with van der Waals surface area (Å²) >= 11 is 0. The summed E-state index contributed by atoms with van der Waals surface area (Å²) in [6.45, 7) is 2.87. The first-order valence-corrected chi connectivity index (χ1v) is 7.73. The molecule has 2 aliphatic rings. The van der Waals surface area contributed by atoms with Crippen molar-refractivity contribution in [1.82, 2.24) is 0 Å². The molecule has 0 aliphatic heterocycles. The first kappa shape index (κ1) is 13.0. The topological polar surface area (TPSA) is 46.2 Å². The van der Waals surface area contributed by atoms with Crippen LogP contribution in [-0.2, 0) is 18.3 Å². The lowest BCUT2D eigenvalue weighted by Crippen LogP contribution is -2.33. The molecule has 1 aromatic carbocycles. The average Bonchev–Trinajstić information content (AvgIpc) is 2.88. The molecule has 104 valence electrons. The molecule has 3 rings (SSSR count). The van der Waals surface area contributed by atoms with Gasteiger partial charge in [-0.05, 0) is 68.2 Å². The van der Waals surface area contributed by atoms with Gasteiger partial charge in [-0.1, -0.05) is 12.8 Å². The van der Waals surface area contributed by atoms with Crippen LogP contribution in [0.15, 0.2) is 6.07 Å². The molecule has 2 aliphatic carbocycles. The SMILES string of the molecule is Cc1c2c(cc(O)c1C1(CN)CCCC1)CCCC2. The molecule has 1 saturated carbocycles. The molecule has 1 aromatic rings. The Kier molecular flexibility index (Phi) is 3.30. The van der Waals surface area contributed by atoms with Gasteiger partial charge in [-0.15, -0.1) is 0 Å². The second-order valence-corrected chi connectivity index (χ2v) is 6.43. The fraction of sp³-hybridized carbons (Fsp3) is 0.647. The van der Waals surface area contributed by atoms with E-state index in [4.69, 9.17) is 5.73 Å². The van der Waals surface area contributed by atoms with Gasteiger partial charge >= 0.3 is 0 Å². The monoisotopic (exact) mass is 259 g/mol. The third-order valence-corrected chi connectivity index (χ3v) is 5.39. The quantitative estimate of drug-likeness (QED) is 0.855. The van der Waals surface area contributed by atoms with E-state index in [0.29, 0.717) is 12.3 Å². The number of hydrogen-bond donors (Lipinski definition) is 2. The number of hydrogen-bond acceptors (Lipinski definition) is 2. The van der Waals surface area contributed by atoms with Crippen LogP contribution in [0.5, 0.6) is 5.75 Å². The van der Waals surface area contributed by atoms with E-state index in [0.717, 1.165) is 19.3 Å². The fourth-order valence-corrected chi connectivity index (χ4v) is 4.37. The molecular weight excluding hydrogens is 234 g/mol. The average molecular weight is 259 g/mol. The van der Waals surface area contributed by atoms with Crippen LogP contribution in [0.3, 0.4) is 0 Å². The zero-order valence-corrected chi connectivity index (χ0v) is 12.0. The normalized spacial score (nSPS) is 21.4. The molecule has 0 amide bonds. The van der Waals surface area contributed by atoms with E-state index in [9.17, 15) is 5.11 Å². The molecule has 3 N–H and O–H groups in total. The number of benzene rings is 1. The fourth-order valence-electron chi connectivity index (χ4n) is 4.37. The van der Waals surface area contributed by atoms with Crippen molar-refractivity contribution in [1.29, 1.82) is 0 Å². The molecule has 19 heavy (non-hydrogen) atoms. The van der Waals surface area contributed by atoms with Gasteiger partial charge in [0.1, 0.15) is 5.75 Å². The molecule has 0 heterocycles. The van der Waals surface area contributed by atoms with Gasteiger partial charge in [-0.2, -0.15) is 0 Å². The molecule has 0 unspecified atom stereocenters. The minimum Gasteiger partial charge on any atom is -0.508 e. The molecular formula is C17H25NO. The summed E-state index contributed by atoms with van der Waals surface area (Å²) in [6, 6.07) is 2.03. The van der Waals surface area contributed by atoms with Crippen LogP contribution in [0.1, 0.15) is 60.8 Å². The van der Waals surface area contributed by atoms with Crippen molar-refractivity contribution in [2.24, 2.45) is 5.73 Å². The van der Waals surface area contributed by atoms with Crippen LogP contribution >= 0.6 is 0 Å². The zero-order valence-electron chi connectivity index (χ0n) is 12.0. The zero-order chi connectivity index (χ0) is 13.5. The van der Waals surface area contributed by atoms with Crippen molar-refractivity contribution >= 4 is 0 Å². The summed E-state index contributed by atoms with van der Waals surface area (Å²) in [4.78, 5) is 0. The number of rotatable bonds is 2. The van der Waals surface area contributed by atoms with Gasteiger partial charge in [0.05, 0.1) is 0 Å². The smallest absolute Gasteiger partial charge is 0.119 e. The molecule has 0 radical (unpaired) electrons. The lowest BCUT2D eigenvalue weighted by Gasteiger charge is -2.33. The van der Waals surface area contributed by atoms with E-state index >= 15 is 0 Å². The van der Waals surface area contributed by atoms with Crippen LogP contribution < -0.4 is 5.73 Å². The molecule has 2 nitrogen and oxygen atoms in total. The number of phenols is 1. The molecule has 1 fully saturated rings. The van der Waals surface area contributed by atoms with Gasteiger partial charge in [0.25, 0.3) is 0 Å². The highest BCUT2D eigenvalue weighted by atomic mass is 16.3. The maximum absolute atomic E-state index is 10.5. The first-order valence-electron chi connectivity index (χ1n) is 7.73. The van der Waals surface area contributed by atoms with E-state index in [-0.39, 0.29) is 5.41 Å². The highest BCUT2D eigenvalue weighted by molar-refractivity contribution is 5.53. The van der Waals surface area contributed by atoms with E-state index in [2.05, 4.69) is 6.92 Å². The Morgan fingerprint density at radius 1 is 1.16 bits per heavy atom. The van der Waals surface area contributed by atoms with Crippen molar-refractivity contribution < 1.29 is 5.11 Å². The van der Waals surface area contributed by atoms with E-state index < -0.39 is 0 Å². The molecule has 2 heteroatoms. The third kappa shape index (κ3) is 1.97. The van der Waals surface area contributed by atoms with Crippen LogP contribution in [0, 0.1) is 6.92 Å². The van der Waals surface area contributed by atoms with Gasteiger partial charge in [-0.25, -0.2) is 0 Å². The Bertz CT molecular complexity index is 487. The van der Waals surface area contributed by atoms with Crippen molar-refractivity contribution in [3.63, 3.8) is 0 Å². The second-order valence-electron chi connectivity index (χ2n) is 6.43. The highest BCUT2D eigenvalue weighted by Gasteiger charge is 2.38. The van der Waals surface area contributed by atoms with Gasteiger partial charge in [-0.3, -0.25) is 0 Å². The van der Waals surface area contributed by atoms with E-state index in [1.54, 1.807) is 0 Å². The highest BCUT2D eigenvalue weighted by Crippen LogP contribution is 2.47. The minimum absolute atomic E-state index is 0.0423. The number of nitrogens with two attached hydrogens (primary N) is 1. The Morgan fingerprint density at radius 3 is 2.53 bits per heavy atom. The third-order valence-electron chi connectivity index (χ3n) is 5.39. The Balaban J connectivity index is 2.15. The van der Waals surface area contributed by atoms with Gasteiger partial charge in [0.2, 0.25) is 0 Å². The van der Waals surface area contributed by atoms with Crippen LogP contribution in [0.25, 0.3) is 0 Å². The Morgan fingerprint density at radius 2 is 1.84 bits per heavy atom.